The van der Waals surface area contributed by atoms with Crippen molar-refractivity contribution in [3.8, 4) is 11.5 Å². The van der Waals surface area contributed by atoms with Crippen LogP contribution in [-0.4, -0.2) is 18.7 Å². The molecule has 0 spiro atoms. The minimum Gasteiger partial charge on any atom is -0.490 e. The predicted octanol–water partition coefficient (Wildman–Crippen LogP) is 5.77. The number of ether oxygens (including phenoxy) is 2. The van der Waals surface area contributed by atoms with Gasteiger partial charge in [0, 0.05) is 9.50 Å². The van der Waals surface area contributed by atoms with Gasteiger partial charge in [-0.3, -0.25) is 4.79 Å². The van der Waals surface area contributed by atoms with Gasteiger partial charge in [-0.2, -0.15) is 5.10 Å². The van der Waals surface area contributed by atoms with Gasteiger partial charge >= 0.3 is 0 Å². The maximum absolute atomic E-state index is 12.0. The molecule has 0 saturated carbocycles. The van der Waals surface area contributed by atoms with Gasteiger partial charge in [-0.1, -0.05) is 51.8 Å². The van der Waals surface area contributed by atoms with Crippen molar-refractivity contribution in [3.63, 3.8) is 0 Å². The molecule has 1 N–H and O–H groups in total. The van der Waals surface area contributed by atoms with E-state index in [2.05, 4.69) is 26.5 Å². The van der Waals surface area contributed by atoms with E-state index in [1.165, 1.54) is 0 Å². The van der Waals surface area contributed by atoms with Gasteiger partial charge in [0.15, 0.2) is 11.5 Å². The maximum atomic E-state index is 12.0. The van der Waals surface area contributed by atoms with Crippen molar-refractivity contribution in [1.82, 2.24) is 5.43 Å². The molecule has 0 fully saturated rings. The number of hydrogen-bond acceptors (Lipinski definition) is 4. The lowest BCUT2D eigenvalue weighted by atomic mass is 10.1. The Morgan fingerprint density at radius 2 is 1.71 bits per heavy atom. The van der Waals surface area contributed by atoms with E-state index < -0.39 is 0 Å². The highest BCUT2D eigenvalue weighted by Gasteiger charge is 2.07. The molecule has 160 valence electrons. The van der Waals surface area contributed by atoms with E-state index >= 15 is 0 Å². The molecule has 0 aliphatic rings. The number of carbonyl (C=O) groups is 1. The third-order valence-corrected chi connectivity index (χ3v) is 5.04. The smallest absolute Gasteiger partial charge is 0.244 e. The molecule has 0 aromatic heterocycles. The van der Waals surface area contributed by atoms with Gasteiger partial charge in [0.2, 0.25) is 5.91 Å². The minimum atomic E-state index is -0.210. The molecular formula is C24H22BrClN2O3. The van der Waals surface area contributed by atoms with Crippen LogP contribution in [-0.2, 0) is 17.8 Å². The first-order valence-corrected chi connectivity index (χ1v) is 10.9. The molecule has 5 nitrogen and oxygen atoms in total. The Morgan fingerprint density at radius 3 is 2.42 bits per heavy atom. The van der Waals surface area contributed by atoms with Gasteiger partial charge in [-0.05, 0) is 66.1 Å². The first-order chi connectivity index (χ1) is 15.0. The SMILES string of the molecule is CCOc1cc(/C=N\NC(=O)Cc2ccc(Cl)cc2)ccc1OCc1ccc(Br)cc1. The van der Waals surface area contributed by atoms with Crippen LogP contribution in [0.3, 0.4) is 0 Å². The monoisotopic (exact) mass is 500 g/mol. The lowest BCUT2D eigenvalue weighted by Gasteiger charge is -2.12. The summed E-state index contributed by atoms with van der Waals surface area (Å²) in [6.45, 7) is 2.85. The number of carbonyl (C=O) groups excluding carboxylic acids is 1. The summed E-state index contributed by atoms with van der Waals surface area (Å²) < 4.78 is 12.7. The average Bonchev–Trinajstić information content (AvgIpc) is 2.76. The number of rotatable bonds is 9. The molecule has 31 heavy (non-hydrogen) atoms. The fourth-order valence-electron chi connectivity index (χ4n) is 2.74. The van der Waals surface area contributed by atoms with Crippen molar-refractivity contribution in [1.29, 1.82) is 0 Å². The van der Waals surface area contributed by atoms with Crippen molar-refractivity contribution in [2.24, 2.45) is 5.10 Å². The Bertz CT molecular complexity index is 1040. The summed E-state index contributed by atoms with van der Waals surface area (Å²) in [6, 6.07) is 20.6. The summed E-state index contributed by atoms with van der Waals surface area (Å²) in [5, 5.41) is 4.67. The first-order valence-electron chi connectivity index (χ1n) is 9.74. The second-order valence-corrected chi connectivity index (χ2v) is 8.00. The summed E-state index contributed by atoms with van der Waals surface area (Å²) in [4.78, 5) is 12.0. The van der Waals surface area contributed by atoms with Crippen LogP contribution in [0, 0.1) is 0 Å². The van der Waals surface area contributed by atoms with Gasteiger partial charge in [-0.25, -0.2) is 5.43 Å². The topological polar surface area (TPSA) is 59.9 Å². The highest BCUT2D eigenvalue weighted by Crippen LogP contribution is 2.29. The van der Waals surface area contributed by atoms with Crippen LogP contribution in [0.1, 0.15) is 23.6 Å². The normalized spacial score (nSPS) is 10.8. The predicted molar refractivity (Wildman–Crippen MR) is 127 cm³/mol. The molecular weight excluding hydrogens is 480 g/mol. The van der Waals surface area contributed by atoms with E-state index in [0.29, 0.717) is 29.7 Å². The van der Waals surface area contributed by atoms with Crippen LogP contribution >= 0.6 is 27.5 Å². The molecule has 0 radical (unpaired) electrons. The zero-order chi connectivity index (χ0) is 22.1. The largest absolute Gasteiger partial charge is 0.490 e. The van der Waals surface area contributed by atoms with Gasteiger partial charge in [0.1, 0.15) is 6.61 Å². The average molecular weight is 502 g/mol. The van der Waals surface area contributed by atoms with Crippen LogP contribution in [0.2, 0.25) is 5.02 Å². The van der Waals surface area contributed by atoms with Crippen molar-refractivity contribution < 1.29 is 14.3 Å². The van der Waals surface area contributed by atoms with Gasteiger partial charge in [0.25, 0.3) is 0 Å². The molecule has 0 saturated heterocycles. The molecule has 1 amide bonds. The number of benzene rings is 3. The lowest BCUT2D eigenvalue weighted by Crippen LogP contribution is -2.19. The van der Waals surface area contributed by atoms with Crippen molar-refractivity contribution in [2.75, 3.05) is 6.61 Å². The Kier molecular flexibility index (Phi) is 8.50. The number of nitrogens with zero attached hydrogens (tertiary/aromatic N) is 1. The Morgan fingerprint density at radius 1 is 1.00 bits per heavy atom. The van der Waals surface area contributed by atoms with Crippen LogP contribution in [0.15, 0.2) is 76.3 Å². The van der Waals surface area contributed by atoms with Gasteiger partial charge in [0.05, 0.1) is 19.2 Å². The second kappa shape index (κ2) is 11.5. The summed E-state index contributed by atoms with van der Waals surface area (Å²) in [5.41, 5.74) is 5.24. The fraction of sp³-hybridized carbons (Fsp3) is 0.167. The standard InChI is InChI=1S/C24H22BrClN2O3/c1-2-30-23-13-19(7-12-22(23)31-16-18-3-8-20(25)9-4-18)15-27-28-24(29)14-17-5-10-21(26)11-6-17/h3-13,15H,2,14,16H2,1H3,(H,28,29)/b27-15-. The van der Waals surface area contributed by atoms with Crippen molar-refractivity contribution in [2.45, 2.75) is 20.0 Å². The molecule has 0 bridgehead atoms. The van der Waals surface area contributed by atoms with Crippen LogP contribution < -0.4 is 14.9 Å². The van der Waals surface area contributed by atoms with E-state index in [0.717, 1.165) is 21.2 Å². The zero-order valence-electron chi connectivity index (χ0n) is 17.0. The number of nitrogens with one attached hydrogen (secondary N) is 1. The Hall–Kier alpha value is -2.83. The van der Waals surface area contributed by atoms with Crippen LogP contribution in [0.25, 0.3) is 0 Å². The van der Waals surface area contributed by atoms with E-state index in [4.69, 9.17) is 21.1 Å². The molecule has 0 aliphatic heterocycles. The van der Waals surface area contributed by atoms with Gasteiger partial charge in [-0.15, -0.1) is 0 Å². The van der Waals surface area contributed by atoms with E-state index in [9.17, 15) is 4.79 Å². The van der Waals surface area contributed by atoms with E-state index in [1.807, 2.05) is 61.5 Å². The van der Waals surface area contributed by atoms with E-state index in [1.54, 1.807) is 18.3 Å². The molecule has 3 rings (SSSR count). The molecule has 3 aromatic rings. The molecule has 0 aliphatic carbocycles. The van der Waals surface area contributed by atoms with Gasteiger partial charge < -0.3 is 9.47 Å². The summed E-state index contributed by atoms with van der Waals surface area (Å²) in [7, 11) is 0. The van der Waals surface area contributed by atoms with E-state index in [-0.39, 0.29) is 12.3 Å². The van der Waals surface area contributed by atoms with Crippen molar-refractivity contribution >= 4 is 39.7 Å². The summed E-state index contributed by atoms with van der Waals surface area (Å²) in [6.07, 6.45) is 1.79. The summed E-state index contributed by atoms with van der Waals surface area (Å²) in [5.74, 6) is 1.06. The number of halogens is 2. The number of hydrogen-bond donors (Lipinski definition) is 1. The zero-order valence-corrected chi connectivity index (χ0v) is 19.3. The molecule has 3 aromatic carbocycles. The Labute approximate surface area is 195 Å². The quantitative estimate of drug-likeness (QED) is 0.299. The summed E-state index contributed by atoms with van der Waals surface area (Å²) >= 11 is 9.28. The second-order valence-electron chi connectivity index (χ2n) is 6.65. The molecule has 0 atom stereocenters. The third kappa shape index (κ3) is 7.42. The molecule has 0 unspecified atom stereocenters. The highest BCUT2D eigenvalue weighted by atomic mass is 79.9. The third-order valence-electron chi connectivity index (χ3n) is 4.26. The van der Waals surface area contributed by atoms with Crippen LogP contribution in [0.4, 0.5) is 0 Å². The highest BCUT2D eigenvalue weighted by molar-refractivity contribution is 9.10. The first kappa shape index (κ1) is 22.8. The Balaban J connectivity index is 1.59. The lowest BCUT2D eigenvalue weighted by molar-refractivity contribution is -0.120. The minimum absolute atomic E-state index is 0.210. The van der Waals surface area contributed by atoms with Crippen molar-refractivity contribution in [3.05, 3.63) is 92.9 Å². The number of amides is 1. The van der Waals surface area contributed by atoms with Crippen LogP contribution in [0.5, 0.6) is 11.5 Å². The maximum Gasteiger partial charge on any atom is 0.244 e. The number of hydrazone groups is 1. The molecule has 0 heterocycles. The molecule has 7 heteroatoms. The fourth-order valence-corrected chi connectivity index (χ4v) is 3.13.